The number of thiazole rings is 1. The van der Waals surface area contributed by atoms with Gasteiger partial charge in [-0.3, -0.25) is 10.1 Å². The normalized spacial score (nSPS) is 10.8. The van der Waals surface area contributed by atoms with Crippen LogP contribution >= 0.6 is 22.9 Å². The molecule has 0 radical (unpaired) electrons. The van der Waals surface area contributed by atoms with Crippen molar-refractivity contribution in [3.63, 3.8) is 0 Å². The number of hydrogen-bond acceptors (Lipinski definition) is 5. The lowest BCUT2D eigenvalue weighted by Crippen LogP contribution is -2.13. The van der Waals surface area contributed by atoms with Crippen LogP contribution in [0.5, 0.6) is 0 Å². The van der Waals surface area contributed by atoms with Gasteiger partial charge in [-0.15, -0.1) is 0 Å². The molecule has 0 saturated heterocycles. The Morgan fingerprint density at radius 1 is 1.38 bits per heavy atom. The summed E-state index contributed by atoms with van der Waals surface area (Å²) in [4.78, 5) is 20.4. The Morgan fingerprint density at radius 2 is 2.19 bits per heavy atom. The molecule has 106 valence electrons. The van der Waals surface area contributed by atoms with Crippen LogP contribution in [-0.4, -0.2) is 15.9 Å². The summed E-state index contributed by atoms with van der Waals surface area (Å²) in [6.45, 7) is 2.01. The molecule has 1 aromatic carbocycles. The van der Waals surface area contributed by atoms with Gasteiger partial charge < -0.3 is 5.73 Å². The minimum absolute atomic E-state index is 0.240. The minimum atomic E-state index is -0.357. The van der Waals surface area contributed by atoms with Gasteiger partial charge >= 0.3 is 0 Å². The maximum absolute atomic E-state index is 12.2. The third-order valence-electron chi connectivity index (χ3n) is 2.89. The van der Waals surface area contributed by atoms with Gasteiger partial charge in [-0.1, -0.05) is 29.0 Å². The second-order valence-corrected chi connectivity index (χ2v) is 5.97. The van der Waals surface area contributed by atoms with Crippen molar-refractivity contribution in [3.8, 4) is 0 Å². The molecule has 0 saturated carbocycles. The number of hydrogen-bond donors (Lipinski definition) is 2. The van der Waals surface area contributed by atoms with E-state index in [2.05, 4.69) is 15.3 Å². The number of aromatic nitrogens is 2. The molecule has 5 nitrogen and oxygen atoms in total. The molecule has 0 aliphatic heterocycles. The van der Waals surface area contributed by atoms with E-state index >= 15 is 0 Å². The Labute approximate surface area is 129 Å². The SMILES string of the molecule is Cc1ccc2nc(NC(=O)c3cc(N)ncc3Cl)sc2c1. The molecule has 2 aromatic heterocycles. The standard InChI is InChI=1S/C14H11ClN4OS/c1-7-2-3-10-11(4-7)21-14(18-10)19-13(20)8-5-12(16)17-6-9(8)15/h2-6H,1H3,(H2,16,17)(H,18,19,20). The largest absolute Gasteiger partial charge is 0.384 e. The van der Waals surface area contributed by atoms with Gasteiger partial charge in [0, 0.05) is 6.20 Å². The predicted octanol–water partition coefficient (Wildman–Crippen LogP) is 3.49. The van der Waals surface area contributed by atoms with E-state index in [9.17, 15) is 4.79 Å². The highest BCUT2D eigenvalue weighted by molar-refractivity contribution is 7.22. The van der Waals surface area contributed by atoms with E-state index in [0.29, 0.717) is 5.13 Å². The zero-order valence-corrected chi connectivity index (χ0v) is 12.6. The summed E-state index contributed by atoms with van der Waals surface area (Å²) < 4.78 is 1.02. The number of rotatable bonds is 2. The number of carbonyl (C=O) groups excluding carboxylic acids is 1. The highest BCUT2D eigenvalue weighted by atomic mass is 35.5. The van der Waals surface area contributed by atoms with Crippen molar-refractivity contribution in [2.75, 3.05) is 11.1 Å². The van der Waals surface area contributed by atoms with Crippen LogP contribution in [0.1, 0.15) is 15.9 Å². The number of nitrogen functional groups attached to an aromatic ring is 1. The molecule has 21 heavy (non-hydrogen) atoms. The zero-order chi connectivity index (χ0) is 15.0. The van der Waals surface area contributed by atoms with Crippen LogP contribution in [0.25, 0.3) is 10.2 Å². The molecule has 0 unspecified atom stereocenters. The van der Waals surface area contributed by atoms with Gasteiger partial charge in [0.25, 0.3) is 5.91 Å². The maximum Gasteiger partial charge on any atom is 0.259 e. The summed E-state index contributed by atoms with van der Waals surface area (Å²) in [6, 6.07) is 7.37. The van der Waals surface area contributed by atoms with Gasteiger partial charge in [-0.25, -0.2) is 9.97 Å². The van der Waals surface area contributed by atoms with Crippen molar-refractivity contribution in [1.82, 2.24) is 9.97 Å². The molecular weight excluding hydrogens is 308 g/mol. The number of nitrogens with zero attached hydrogens (tertiary/aromatic N) is 2. The number of benzene rings is 1. The quantitative estimate of drug-likeness (QED) is 0.758. The molecule has 3 rings (SSSR count). The van der Waals surface area contributed by atoms with Gasteiger partial charge in [-0.2, -0.15) is 0 Å². The van der Waals surface area contributed by atoms with Crippen LogP contribution in [0, 0.1) is 6.92 Å². The third kappa shape index (κ3) is 2.81. The molecular formula is C14H11ClN4OS. The molecule has 0 spiro atoms. The summed E-state index contributed by atoms with van der Waals surface area (Å²) in [6.07, 6.45) is 1.35. The van der Waals surface area contributed by atoms with Crippen molar-refractivity contribution in [3.05, 3.63) is 46.6 Å². The van der Waals surface area contributed by atoms with Gasteiger partial charge in [0.2, 0.25) is 0 Å². The monoisotopic (exact) mass is 318 g/mol. The first-order valence-electron chi connectivity index (χ1n) is 6.12. The van der Waals surface area contributed by atoms with Crippen molar-refractivity contribution >= 4 is 50.0 Å². The average molecular weight is 319 g/mol. The Balaban J connectivity index is 1.90. The third-order valence-corrected chi connectivity index (χ3v) is 4.12. The number of carbonyl (C=O) groups is 1. The first kappa shape index (κ1) is 13.8. The van der Waals surface area contributed by atoms with Crippen LogP contribution in [0.3, 0.4) is 0 Å². The highest BCUT2D eigenvalue weighted by Gasteiger charge is 2.14. The lowest BCUT2D eigenvalue weighted by atomic mass is 10.2. The number of halogens is 1. The summed E-state index contributed by atoms with van der Waals surface area (Å²) in [5.41, 5.74) is 7.85. The van der Waals surface area contributed by atoms with E-state index in [4.69, 9.17) is 17.3 Å². The van der Waals surface area contributed by atoms with E-state index in [1.54, 1.807) is 0 Å². The summed E-state index contributed by atoms with van der Waals surface area (Å²) >= 11 is 7.37. The van der Waals surface area contributed by atoms with Crippen molar-refractivity contribution in [1.29, 1.82) is 0 Å². The molecule has 0 aliphatic rings. The second kappa shape index (κ2) is 5.31. The fraction of sp³-hybridized carbons (Fsp3) is 0.0714. The van der Waals surface area contributed by atoms with Crippen LogP contribution in [0.15, 0.2) is 30.5 Å². The molecule has 3 aromatic rings. The fourth-order valence-corrected chi connectivity index (χ4v) is 3.03. The van der Waals surface area contributed by atoms with Crippen molar-refractivity contribution in [2.45, 2.75) is 6.92 Å². The van der Waals surface area contributed by atoms with Gasteiger partial charge in [0.05, 0.1) is 20.8 Å². The molecule has 0 bridgehead atoms. The Kier molecular flexibility index (Phi) is 3.48. The number of anilines is 2. The molecule has 0 atom stereocenters. The Morgan fingerprint density at radius 3 is 3.00 bits per heavy atom. The lowest BCUT2D eigenvalue weighted by molar-refractivity contribution is 0.102. The Hall–Kier alpha value is -2.18. The smallest absolute Gasteiger partial charge is 0.259 e. The van der Waals surface area contributed by atoms with E-state index in [1.165, 1.54) is 23.6 Å². The number of fused-ring (bicyclic) bond motifs is 1. The topological polar surface area (TPSA) is 80.9 Å². The van der Waals surface area contributed by atoms with Crippen molar-refractivity contribution < 1.29 is 4.79 Å². The molecule has 1 amide bonds. The number of pyridine rings is 1. The van der Waals surface area contributed by atoms with E-state index < -0.39 is 0 Å². The number of nitrogens with two attached hydrogens (primary N) is 1. The molecule has 2 heterocycles. The first-order chi connectivity index (χ1) is 10.0. The van der Waals surface area contributed by atoms with Crippen LogP contribution in [0.4, 0.5) is 10.9 Å². The van der Waals surface area contributed by atoms with Crippen LogP contribution in [-0.2, 0) is 0 Å². The van der Waals surface area contributed by atoms with E-state index in [-0.39, 0.29) is 22.3 Å². The van der Waals surface area contributed by atoms with Crippen LogP contribution < -0.4 is 11.1 Å². The van der Waals surface area contributed by atoms with E-state index in [1.807, 2.05) is 25.1 Å². The number of aryl methyl sites for hydroxylation is 1. The molecule has 0 fully saturated rings. The predicted molar refractivity (Wildman–Crippen MR) is 86.0 cm³/mol. The maximum atomic E-state index is 12.2. The summed E-state index contributed by atoms with van der Waals surface area (Å²) in [5, 5.41) is 3.51. The molecule has 7 heteroatoms. The Bertz CT molecular complexity index is 846. The highest BCUT2D eigenvalue weighted by Crippen LogP contribution is 2.27. The van der Waals surface area contributed by atoms with Gasteiger partial charge in [0.15, 0.2) is 5.13 Å². The molecule has 3 N–H and O–H groups in total. The number of amides is 1. The van der Waals surface area contributed by atoms with E-state index in [0.717, 1.165) is 15.8 Å². The number of nitrogens with one attached hydrogen (secondary N) is 1. The van der Waals surface area contributed by atoms with Crippen LogP contribution in [0.2, 0.25) is 5.02 Å². The summed E-state index contributed by atoms with van der Waals surface area (Å²) in [7, 11) is 0. The average Bonchev–Trinajstić information content (AvgIpc) is 2.82. The molecule has 0 aliphatic carbocycles. The van der Waals surface area contributed by atoms with Gasteiger partial charge in [-0.05, 0) is 30.7 Å². The first-order valence-corrected chi connectivity index (χ1v) is 7.32. The minimum Gasteiger partial charge on any atom is -0.384 e. The van der Waals surface area contributed by atoms with Crippen molar-refractivity contribution in [2.24, 2.45) is 0 Å². The fourth-order valence-electron chi connectivity index (χ4n) is 1.88. The summed E-state index contributed by atoms with van der Waals surface area (Å²) in [5.74, 6) is -0.116. The lowest BCUT2D eigenvalue weighted by Gasteiger charge is -2.04. The van der Waals surface area contributed by atoms with Gasteiger partial charge in [0.1, 0.15) is 5.82 Å². The zero-order valence-electron chi connectivity index (χ0n) is 11.1. The second-order valence-electron chi connectivity index (χ2n) is 4.53.